The molecular weight excluding hydrogens is 306 g/mol. The number of hydrogen-bond donors (Lipinski definition) is 2. The molecule has 21 heavy (non-hydrogen) atoms. The van der Waals surface area contributed by atoms with Gasteiger partial charge in [-0.3, -0.25) is 0 Å². The topological polar surface area (TPSA) is 61.4 Å². The van der Waals surface area contributed by atoms with E-state index in [-0.39, 0.29) is 6.04 Å². The maximum absolute atomic E-state index is 12.5. The fourth-order valence-corrected chi connectivity index (χ4v) is 5.34. The van der Waals surface area contributed by atoms with Crippen LogP contribution in [0.3, 0.4) is 0 Å². The van der Waals surface area contributed by atoms with Crippen molar-refractivity contribution in [1.29, 1.82) is 0 Å². The lowest BCUT2D eigenvalue weighted by molar-refractivity contribution is 0.407. The average Bonchev–Trinajstić information content (AvgIpc) is 2.93. The smallest absolute Gasteiger partial charge is 0.241 e. The summed E-state index contributed by atoms with van der Waals surface area (Å²) < 4.78 is 27.9. The van der Waals surface area contributed by atoms with Crippen molar-refractivity contribution in [1.82, 2.24) is 14.9 Å². The lowest BCUT2D eigenvalue weighted by Crippen LogP contribution is -2.36. The van der Waals surface area contributed by atoms with Crippen molar-refractivity contribution >= 4 is 21.4 Å². The maximum atomic E-state index is 12.5. The van der Waals surface area contributed by atoms with Crippen LogP contribution >= 0.6 is 11.3 Å². The summed E-state index contributed by atoms with van der Waals surface area (Å²) in [5.41, 5.74) is 0. The van der Waals surface area contributed by atoms with E-state index in [1.807, 2.05) is 14.0 Å². The fraction of sp³-hybridized carbons (Fsp3) is 0.714. The van der Waals surface area contributed by atoms with Crippen LogP contribution in [-0.2, 0) is 16.6 Å². The van der Waals surface area contributed by atoms with Crippen molar-refractivity contribution < 1.29 is 8.42 Å². The van der Waals surface area contributed by atoms with Crippen LogP contribution in [0, 0.1) is 6.92 Å². The van der Waals surface area contributed by atoms with Crippen LogP contribution in [0.25, 0.3) is 0 Å². The molecule has 1 fully saturated rings. The molecule has 1 aromatic heterocycles. The maximum Gasteiger partial charge on any atom is 0.241 e. The molecule has 1 unspecified atom stereocenters. The van der Waals surface area contributed by atoms with Crippen LogP contribution in [0.5, 0.6) is 0 Å². The molecule has 1 aromatic rings. The SMILES string of the molecule is Cc1sc(CNC(C)C)cc1S(=O)(=O)NC1CCN(C)C1. The minimum absolute atomic E-state index is 0.0246. The first-order chi connectivity index (χ1) is 9.78. The lowest BCUT2D eigenvalue weighted by Gasteiger charge is -2.13. The van der Waals surface area contributed by atoms with Gasteiger partial charge in [0.1, 0.15) is 0 Å². The molecule has 0 spiro atoms. The Kier molecular flexibility index (Phi) is 5.43. The Morgan fingerprint density at radius 3 is 2.76 bits per heavy atom. The van der Waals surface area contributed by atoms with Gasteiger partial charge in [-0.15, -0.1) is 11.3 Å². The standard InChI is InChI=1S/C14H25N3O2S2/c1-10(2)15-8-13-7-14(11(3)20-13)21(18,19)16-12-5-6-17(4)9-12/h7,10,12,15-16H,5-6,8-9H2,1-4H3. The van der Waals surface area contributed by atoms with E-state index >= 15 is 0 Å². The third-order valence-electron chi connectivity index (χ3n) is 3.61. The predicted octanol–water partition coefficient (Wildman–Crippen LogP) is 1.54. The van der Waals surface area contributed by atoms with Gasteiger partial charge in [0.05, 0.1) is 4.90 Å². The molecule has 2 heterocycles. The number of nitrogens with one attached hydrogen (secondary N) is 2. The first kappa shape index (κ1) is 16.9. The van der Waals surface area contributed by atoms with Gasteiger partial charge in [-0.05, 0) is 33.0 Å². The van der Waals surface area contributed by atoms with E-state index in [1.54, 1.807) is 17.4 Å². The predicted molar refractivity (Wildman–Crippen MR) is 87.3 cm³/mol. The highest BCUT2D eigenvalue weighted by Crippen LogP contribution is 2.26. The number of aryl methyl sites for hydroxylation is 1. The summed E-state index contributed by atoms with van der Waals surface area (Å²) in [4.78, 5) is 4.49. The Balaban J connectivity index is 2.08. The van der Waals surface area contributed by atoms with E-state index in [0.29, 0.717) is 17.5 Å². The second kappa shape index (κ2) is 6.75. The van der Waals surface area contributed by atoms with Gasteiger partial charge in [0.2, 0.25) is 10.0 Å². The molecule has 1 aliphatic heterocycles. The van der Waals surface area contributed by atoms with Gasteiger partial charge in [0, 0.05) is 34.9 Å². The molecule has 5 nitrogen and oxygen atoms in total. The van der Waals surface area contributed by atoms with E-state index in [9.17, 15) is 8.42 Å². The highest BCUT2D eigenvalue weighted by molar-refractivity contribution is 7.89. The number of sulfonamides is 1. The number of hydrogen-bond acceptors (Lipinski definition) is 5. The zero-order valence-electron chi connectivity index (χ0n) is 13.1. The van der Waals surface area contributed by atoms with Gasteiger partial charge >= 0.3 is 0 Å². The molecule has 1 aliphatic rings. The van der Waals surface area contributed by atoms with E-state index in [0.717, 1.165) is 29.3 Å². The van der Waals surface area contributed by atoms with Crippen LogP contribution in [0.1, 0.15) is 30.0 Å². The molecular formula is C14H25N3O2S2. The minimum Gasteiger partial charge on any atom is -0.310 e. The van der Waals surface area contributed by atoms with Crippen molar-refractivity contribution in [2.75, 3.05) is 20.1 Å². The van der Waals surface area contributed by atoms with Gasteiger partial charge < -0.3 is 10.2 Å². The van der Waals surface area contributed by atoms with E-state index in [2.05, 4.69) is 28.8 Å². The summed E-state index contributed by atoms with van der Waals surface area (Å²) in [5, 5.41) is 3.32. The Hall–Kier alpha value is -0.470. The Morgan fingerprint density at radius 2 is 2.19 bits per heavy atom. The van der Waals surface area contributed by atoms with E-state index in [1.165, 1.54) is 0 Å². The van der Waals surface area contributed by atoms with Gasteiger partial charge in [-0.2, -0.15) is 0 Å². The van der Waals surface area contributed by atoms with Crippen LogP contribution in [-0.4, -0.2) is 45.5 Å². The third kappa shape index (κ3) is 4.50. The lowest BCUT2D eigenvalue weighted by atomic mass is 10.3. The molecule has 0 radical (unpaired) electrons. The first-order valence-corrected chi connectivity index (χ1v) is 9.61. The molecule has 0 aliphatic carbocycles. The quantitative estimate of drug-likeness (QED) is 0.830. The van der Waals surface area contributed by atoms with Gasteiger partial charge in [-0.1, -0.05) is 13.8 Å². The monoisotopic (exact) mass is 331 g/mol. The molecule has 2 N–H and O–H groups in total. The summed E-state index contributed by atoms with van der Waals surface area (Å²) >= 11 is 1.55. The number of nitrogens with zero attached hydrogens (tertiary/aromatic N) is 1. The van der Waals surface area contributed by atoms with Crippen LogP contribution in [0.2, 0.25) is 0 Å². The molecule has 1 saturated heterocycles. The van der Waals surface area contributed by atoms with Crippen LogP contribution < -0.4 is 10.0 Å². The van der Waals surface area contributed by atoms with Crippen molar-refractivity contribution in [3.63, 3.8) is 0 Å². The summed E-state index contributed by atoms with van der Waals surface area (Å²) in [6, 6.07) is 2.22. The minimum atomic E-state index is -3.41. The zero-order chi connectivity index (χ0) is 15.6. The number of likely N-dealkylation sites (N-methyl/N-ethyl adjacent to an activating group) is 1. The molecule has 7 heteroatoms. The summed E-state index contributed by atoms with van der Waals surface area (Å²) in [5.74, 6) is 0. The highest BCUT2D eigenvalue weighted by atomic mass is 32.2. The van der Waals surface area contributed by atoms with Gasteiger partial charge in [0.25, 0.3) is 0 Å². The fourth-order valence-electron chi connectivity index (χ4n) is 2.50. The molecule has 0 bridgehead atoms. The van der Waals surface area contributed by atoms with Crippen molar-refractivity contribution in [3.05, 3.63) is 15.8 Å². The van der Waals surface area contributed by atoms with Gasteiger partial charge in [0.15, 0.2) is 0 Å². The number of thiophene rings is 1. The zero-order valence-corrected chi connectivity index (χ0v) is 14.8. The second-order valence-corrected chi connectivity index (χ2v) is 9.06. The van der Waals surface area contributed by atoms with Gasteiger partial charge in [-0.25, -0.2) is 13.1 Å². The molecule has 0 aromatic carbocycles. The first-order valence-electron chi connectivity index (χ1n) is 7.31. The third-order valence-corrected chi connectivity index (χ3v) is 6.44. The molecule has 0 saturated carbocycles. The van der Waals surface area contributed by atoms with Crippen molar-refractivity contribution in [2.24, 2.45) is 0 Å². The Bertz CT molecular complexity index is 581. The highest BCUT2D eigenvalue weighted by Gasteiger charge is 2.27. The van der Waals surface area contributed by atoms with Crippen molar-refractivity contribution in [3.8, 4) is 0 Å². The van der Waals surface area contributed by atoms with Crippen LogP contribution in [0.15, 0.2) is 11.0 Å². The Labute approximate surface area is 131 Å². The van der Waals surface area contributed by atoms with Crippen LogP contribution in [0.4, 0.5) is 0 Å². The number of rotatable bonds is 6. The molecule has 0 amide bonds. The molecule has 1 atom stereocenters. The Morgan fingerprint density at radius 1 is 1.48 bits per heavy atom. The van der Waals surface area contributed by atoms with E-state index in [4.69, 9.17) is 0 Å². The molecule has 120 valence electrons. The second-order valence-electron chi connectivity index (χ2n) is 6.04. The van der Waals surface area contributed by atoms with E-state index < -0.39 is 10.0 Å². The largest absolute Gasteiger partial charge is 0.310 e. The summed E-state index contributed by atoms with van der Waals surface area (Å²) in [6.45, 7) is 8.47. The summed E-state index contributed by atoms with van der Waals surface area (Å²) in [6.07, 6.45) is 0.876. The average molecular weight is 332 g/mol. The number of likely N-dealkylation sites (tertiary alicyclic amines) is 1. The summed E-state index contributed by atoms with van der Waals surface area (Å²) in [7, 11) is -1.40. The normalized spacial score (nSPS) is 20.5. The molecule has 2 rings (SSSR count). The van der Waals surface area contributed by atoms with Crippen molar-refractivity contribution in [2.45, 2.75) is 50.7 Å².